The summed E-state index contributed by atoms with van der Waals surface area (Å²) in [6.45, 7) is 1.43. The Morgan fingerprint density at radius 2 is 1.73 bits per heavy atom. The van der Waals surface area contributed by atoms with Crippen LogP contribution in [0.2, 0.25) is 0 Å². The molecule has 1 aliphatic heterocycles. The van der Waals surface area contributed by atoms with Gasteiger partial charge in [0.15, 0.2) is 0 Å². The maximum absolute atomic E-state index is 12.8. The van der Waals surface area contributed by atoms with E-state index in [4.69, 9.17) is 0 Å². The molecule has 6 heteroatoms. The van der Waals surface area contributed by atoms with Crippen LogP contribution in [0.3, 0.4) is 0 Å². The number of carbonyl (C=O) groups is 1. The Bertz CT molecular complexity index is 885. The summed E-state index contributed by atoms with van der Waals surface area (Å²) in [6.07, 6.45) is 12.3. The van der Waals surface area contributed by atoms with Crippen molar-refractivity contribution in [1.29, 1.82) is 0 Å². The Balaban J connectivity index is 1.60. The van der Waals surface area contributed by atoms with E-state index in [1.807, 2.05) is 23.2 Å². The summed E-state index contributed by atoms with van der Waals surface area (Å²) < 4.78 is 0. The fourth-order valence-electron chi connectivity index (χ4n) is 3.48. The largest absolute Gasteiger partial charge is 0.338 e. The first-order chi connectivity index (χ1) is 12.8. The fraction of sp³-hybridized carbons (Fsp3) is 0.250. The molecule has 0 saturated carbocycles. The van der Waals surface area contributed by atoms with Gasteiger partial charge >= 0.3 is 0 Å². The second-order valence-corrected chi connectivity index (χ2v) is 6.38. The SMILES string of the molecule is O=C(c1ccncc1)N1CCC[C@@H](c2ncncc2-c2ccncc2)C1. The number of amides is 1. The van der Waals surface area contributed by atoms with Gasteiger partial charge in [0, 0.05) is 61.1 Å². The molecule has 0 aliphatic carbocycles. The van der Waals surface area contributed by atoms with Gasteiger partial charge in [-0.1, -0.05) is 0 Å². The van der Waals surface area contributed by atoms with Gasteiger partial charge in [0.25, 0.3) is 5.91 Å². The number of hydrogen-bond donors (Lipinski definition) is 0. The molecule has 4 rings (SSSR count). The van der Waals surface area contributed by atoms with Crippen molar-refractivity contribution in [3.63, 3.8) is 0 Å². The summed E-state index contributed by atoms with van der Waals surface area (Å²) in [4.78, 5) is 31.5. The zero-order valence-electron chi connectivity index (χ0n) is 14.3. The van der Waals surface area contributed by atoms with E-state index in [9.17, 15) is 4.79 Å². The molecule has 26 heavy (non-hydrogen) atoms. The first-order valence-corrected chi connectivity index (χ1v) is 8.72. The molecule has 0 unspecified atom stereocenters. The van der Waals surface area contributed by atoms with Crippen LogP contribution in [0, 0.1) is 0 Å². The summed E-state index contributed by atoms with van der Waals surface area (Å²) in [6, 6.07) is 7.45. The number of nitrogens with zero attached hydrogens (tertiary/aromatic N) is 5. The third kappa shape index (κ3) is 3.31. The van der Waals surface area contributed by atoms with Crippen LogP contribution in [-0.4, -0.2) is 43.8 Å². The van der Waals surface area contributed by atoms with Crippen LogP contribution in [-0.2, 0) is 0 Å². The molecule has 0 aromatic carbocycles. The molecule has 1 fully saturated rings. The molecule has 6 nitrogen and oxygen atoms in total. The Labute approximate surface area is 152 Å². The highest BCUT2D eigenvalue weighted by Gasteiger charge is 2.28. The van der Waals surface area contributed by atoms with Crippen molar-refractivity contribution >= 4 is 5.91 Å². The van der Waals surface area contributed by atoms with Gasteiger partial charge < -0.3 is 4.90 Å². The number of likely N-dealkylation sites (tertiary alicyclic amines) is 1. The van der Waals surface area contributed by atoms with E-state index in [1.165, 1.54) is 0 Å². The van der Waals surface area contributed by atoms with Crippen molar-refractivity contribution in [3.05, 3.63) is 72.8 Å². The van der Waals surface area contributed by atoms with E-state index in [0.717, 1.165) is 36.2 Å². The zero-order valence-corrected chi connectivity index (χ0v) is 14.3. The summed E-state index contributed by atoms with van der Waals surface area (Å²) in [5.74, 6) is 0.248. The number of rotatable bonds is 3. The minimum absolute atomic E-state index is 0.0524. The van der Waals surface area contributed by atoms with Gasteiger partial charge in [0.05, 0.1) is 5.69 Å². The standard InChI is InChI=1S/C20H19N5O/c26-20(16-5-9-22-10-6-16)25-11-1-2-17(13-25)19-18(12-23-14-24-19)15-3-7-21-8-4-15/h3-10,12,14,17H,1-2,11,13H2/t17-/m1/s1. The maximum Gasteiger partial charge on any atom is 0.253 e. The molecule has 4 heterocycles. The average molecular weight is 345 g/mol. The van der Waals surface area contributed by atoms with Gasteiger partial charge in [-0.15, -0.1) is 0 Å². The van der Waals surface area contributed by atoms with Crippen LogP contribution < -0.4 is 0 Å². The average Bonchev–Trinajstić information content (AvgIpc) is 2.74. The van der Waals surface area contributed by atoms with Crippen molar-refractivity contribution in [3.8, 4) is 11.1 Å². The van der Waals surface area contributed by atoms with Crippen molar-refractivity contribution < 1.29 is 4.79 Å². The van der Waals surface area contributed by atoms with E-state index in [1.54, 1.807) is 43.2 Å². The van der Waals surface area contributed by atoms with Crippen LogP contribution in [0.15, 0.2) is 61.6 Å². The smallest absolute Gasteiger partial charge is 0.253 e. The highest BCUT2D eigenvalue weighted by Crippen LogP contribution is 2.32. The minimum Gasteiger partial charge on any atom is -0.338 e. The second-order valence-electron chi connectivity index (χ2n) is 6.38. The second kappa shape index (κ2) is 7.39. The summed E-state index contributed by atoms with van der Waals surface area (Å²) in [5, 5.41) is 0. The summed E-state index contributed by atoms with van der Waals surface area (Å²) >= 11 is 0. The summed E-state index contributed by atoms with van der Waals surface area (Å²) in [5.41, 5.74) is 3.74. The number of aromatic nitrogens is 4. The molecule has 3 aromatic heterocycles. The van der Waals surface area contributed by atoms with Gasteiger partial charge in [-0.3, -0.25) is 14.8 Å². The lowest BCUT2D eigenvalue weighted by Gasteiger charge is -2.33. The Morgan fingerprint density at radius 1 is 1.00 bits per heavy atom. The predicted octanol–water partition coefficient (Wildman–Crippen LogP) is 2.95. The van der Waals surface area contributed by atoms with Crippen molar-refractivity contribution in [2.24, 2.45) is 0 Å². The molecule has 1 aliphatic rings. The Hall–Kier alpha value is -3.15. The molecule has 3 aromatic rings. The van der Waals surface area contributed by atoms with E-state index in [-0.39, 0.29) is 11.8 Å². The lowest BCUT2D eigenvalue weighted by molar-refractivity contribution is 0.0706. The molecule has 130 valence electrons. The Morgan fingerprint density at radius 3 is 2.50 bits per heavy atom. The number of pyridine rings is 2. The molecule has 1 saturated heterocycles. The molecule has 1 atom stereocenters. The van der Waals surface area contributed by atoms with Crippen molar-refractivity contribution in [2.75, 3.05) is 13.1 Å². The monoisotopic (exact) mass is 345 g/mol. The maximum atomic E-state index is 12.8. The quantitative estimate of drug-likeness (QED) is 0.730. The van der Waals surface area contributed by atoms with Gasteiger partial charge in [-0.25, -0.2) is 9.97 Å². The highest BCUT2D eigenvalue weighted by molar-refractivity contribution is 5.94. The zero-order chi connectivity index (χ0) is 17.8. The fourth-order valence-corrected chi connectivity index (χ4v) is 3.48. The minimum atomic E-state index is 0.0524. The van der Waals surface area contributed by atoms with E-state index in [2.05, 4.69) is 19.9 Å². The van der Waals surface area contributed by atoms with Crippen LogP contribution in [0.1, 0.15) is 34.8 Å². The van der Waals surface area contributed by atoms with Crippen LogP contribution in [0.5, 0.6) is 0 Å². The Kier molecular flexibility index (Phi) is 4.64. The van der Waals surface area contributed by atoms with Gasteiger partial charge in [0.2, 0.25) is 0 Å². The van der Waals surface area contributed by atoms with Crippen LogP contribution in [0.25, 0.3) is 11.1 Å². The van der Waals surface area contributed by atoms with E-state index >= 15 is 0 Å². The first-order valence-electron chi connectivity index (χ1n) is 8.72. The lowest BCUT2D eigenvalue weighted by Crippen LogP contribution is -2.39. The van der Waals surface area contributed by atoms with Gasteiger partial charge in [-0.05, 0) is 42.7 Å². The number of piperidine rings is 1. The third-order valence-corrected chi connectivity index (χ3v) is 4.76. The number of carbonyl (C=O) groups excluding carboxylic acids is 1. The van der Waals surface area contributed by atoms with Gasteiger partial charge in [0.1, 0.15) is 6.33 Å². The highest BCUT2D eigenvalue weighted by atomic mass is 16.2. The van der Waals surface area contributed by atoms with E-state index in [0.29, 0.717) is 12.1 Å². The molecule has 0 radical (unpaired) electrons. The number of hydrogen-bond acceptors (Lipinski definition) is 5. The lowest BCUT2D eigenvalue weighted by atomic mass is 9.90. The molecular weight excluding hydrogens is 326 g/mol. The van der Waals surface area contributed by atoms with Gasteiger partial charge in [-0.2, -0.15) is 0 Å². The predicted molar refractivity (Wildman–Crippen MR) is 97.4 cm³/mol. The van der Waals surface area contributed by atoms with Crippen LogP contribution in [0.4, 0.5) is 0 Å². The normalized spacial score (nSPS) is 17.1. The van der Waals surface area contributed by atoms with E-state index < -0.39 is 0 Å². The molecule has 0 N–H and O–H groups in total. The van der Waals surface area contributed by atoms with Crippen LogP contribution >= 0.6 is 0 Å². The van der Waals surface area contributed by atoms with Crippen molar-refractivity contribution in [2.45, 2.75) is 18.8 Å². The molecule has 0 spiro atoms. The molecule has 1 amide bonds. The molecule has 0 bridgehead atoms. The first kappa shape index (κ1) is 16.3. The third-order valence-electron chi connectivity index (χ3n) is 4.76. The molecular formula is C20H19N5O. The van der Waals surface area contributed by atoms with Crippen molar-refractivity contribution in [1.82, 2.24) is 24.8 Å². The summed E-state index contributed by atoms with van der Waals surface area (Å²) in [7, 11) is 0. The topological polar surface area (TPSA) is 71.9 Å².